The summed E-state index contributed by atoms with van der Waals surface area (Å²) in [5, 5.41) is 2.83. The molecule has 2 N–H and O–H groups in total. The second kappa shape index (κ2) is 10.3. The lowest BCUT2D eigenvalue weighted by Crippen LogP contribution is -2.25. The van der Waals surface area contributed by atoms with Gasteiger partial charge in [-0.3, -0.25) is 9.52 Å². The topological polar surface area (TPSA) is 75.3 Å². The Morgan fingerprint density at radius 2 is 1.67 bits per heavy atom. The number of carbonyl (C=O) groups excluding carboxylic acids is 1. The van der Waals surface area contributed by atoms with Crippen LogP contribution in [0.4, 0.5) is 10.1 Å². The lowest BCUT2D eigenvalue weighted by molar-refractivity contribution is 0.0954. The summed E-state index contributed by atoms with van der Waals surface area (Å²) in [6, 6.07) is 20.7. The third-order valence-electron chi connectivity index (χ3n) is 4.12. The van der Waals surface area contributed by atoms with Crippen molar-refractivity contribution in [2.45, 2.75) is 16.2 Å². The third kappa shape index (κ3) is 6.33. The molecule has 0 saturated heterocycles. The number of halogens is 1. The van der Waals surface area contributed by atoms with Crippen LogP contribution in [0.3, 0.4) is 0 Å². The van der Waals surface area contributed by atoms with Gasteiger partial charge in [0.05, 0.1) is 4.90 Å². The highest BCUT2D eigenvalue weighted by atomic mass is 32.2. The molecule has 156 valence electrons. The van der Waals surface area contributed by atoms with Gasteiger partial charge in [-0.1, -0.05) is 24.3 Å². The van der Waals surface area contributed by atoms with Gasteiger partial charge >= 0.3 is 0 Å². The minimum atomic E-state index is -3.72. The van der Waals surface area contributed by atoms with E-state index in [2.05, 4.69) is 10.0 Å². The number of carbonyl (C=O) groups is 1. The molecule has 0 aliphatic heterocycles. The van der Waals surface area contributed by atoms with Crippen molar-refractivity contribution in [3.05, 3.63) is 90.2 Å². The molecule has 1 amide bonds. The van der Waals surface area contributed by atoms with Crippen molar-refractivity contribution in [1.82, 2.24) is 5.32 Å². The SMILES string of the molecule is O=C(NCCCSc1ccc(F)cc1)c1cccc(NS(=O)(=O)c2ccccc2)c1. The van der Waals surface area contributed by atoms with Crippen LogP contribution in [0.2, 0.25) is 0 Å². The highest BCUT2D eigenvalue weighted by Gasteiger charge is 2.14. The van der Waals surface area contributed by atoms with Crippen LogP contribution in [0, 0.1) is 5.82 Å². The fourth-order valence-electron chi connectivity index (χ4n) is 2.63. The Balaban J connectivity index is 1.50. The second-order valence-corrected chi connectivity index (χ2v) is 9.26. The quantitative estimate of drug-likeness (QED) is 0.375. The molecule has 0 fully saturated rings. The van der Waals surface area contributed by atoms with Gasteiger partial charge in [-0.25, -0.2) is 12.8 Å². The van der Waals surface area contributed by atoms with E-state index in [1.54, 1.807) is 60.3 Å². The molecule has 3 aromatic carbocycles. The molecule has 0 bridgehead atoms. The summed E-state index contributed by atoms with van der Waals surface area (Å²) in [5.41, 5.74) is 0.688. The molecule has 0 unspecified atom stereocenters. The maximum atomic E-state index is 12.9. The van der Waals surface area contributed by atoms with Gasteiger partial charge in [-0.15, -0.1) is 11.8 Å². The molecule has 30 heavy (non-hydrogen) atoms. The van der Waals surface area contributed by atoms with E-state index in [1.807, 2.05) is 0 Å². The number of thioether (sulfide) groups is 1. The summed E-state index contributed by atoms with van der Waals surface area (Å²) < 4.78 is 40.2. The van der Waals surface area contributed by atoms with E-state index in [0.717, 1.165) is 17.1 Å². The predicted octanol–water partition coefficient (Wildman–Crippen LogP) is 4.54. The molecule has 0 aliphatic rings. The fraction of sp³-hybridized carbons (Fsp3) is 0.136. The molecular formula is C22H21FN2O3S2. The van der Waals surface area contributed by atoms with E-state index in [1.165, 1.54) is 30.3 Å². The molecule has 0 aliphatic carbocycles. The van der Waals surface area contributed by atoms with E-state index in [-0.39, 0.29) is 16.6 Å². The van der Waals surface area contributed by atoms with Crippen molar-refractivity contribution >= 4 is 33.4 Å². The normalized spacial score (nSPS) is 11.1. The zero-order valence-corrected chi connectivity index (χ0v) is 17.7. The van der Waals surface area contributed by atoms with Crippen LogP contribution in [0.25, 0.3) is 0 Å². The maximum Gasteiger partial charge on any atom is 0.261 e. The van der Waals surface area contributed by atoms with Crippen molar-refractivity contribution in [2.75, 3.05) is 17.0 Å². The van der Waals surface area contributed by atoms with Crippen LogP contribution in [-0.2, 0) is 10.0 Å². The van der Waals surface area contributed by atoms with Gasteiger partial charge in [-0.05, 0) is 66.8 Å². The summed E-state index contributed by atoms with van der Waals surface area (Å²) in [6.07, 6.45) is 0.744. The van der Waals surface area contributed by atoms with Crippen LogP contribution in [-0.4, -0.2) is 26.6 Å². The second-order valence-electron chi connectivity index (χ2n) is 6.41. The number of benzene rings is 3. The van der Waals surface area contributed by atoms with Gasteiger partial charge < -0.3 is 5.32 Å². The van der Waals surface area contributed by atoms with Crippen molar-refractivity contribution in [1.29, 1.82) is 0 Å². The monoisotopic (exact) mass is 444 g/mol. The number of hydrogen-bond donors (Lipinski definition) is 2. The Labute approximate surface area is 179 Å². The first-order valence-corrected chi connectivity index (χ1v) is 11.8. The smallest absolute Gasteiger partial charge is 0.261 e. The minimum Gasteiger partial charge on any atom is -0.352 e. The van der Waals surface area contributed by atoms with Gasteiger partial charge in [0.2, 0.25) is 0 Å². The standard InChI is InChI=1S/C22H21FN2O3S2/c23-18-10-12-20(13-11-18)29-15-5-14-24-22(26)17-6-4-7-19(16-17)25-30(27,28)21-8-2-1-3-9-21/h1-4,6-13,16,25H,5,14-15H2,(H,24,26). The number of anilines is 1. The Morgan fingerprint density at radius 1 is 0.933 bits per heavy atom. The van der Waals surface area contributed by atoms with E-state index >= 15 is 0 Å². The molecule has 0 heterocycles. The minimum absolute atomic E-state index is 0.151. The summed E-state index contributed by atoms with van der Waals surface area (Å²) in [5.74, 6) is 0.241. The van der Waals surface area contributed by atoms with E-state index in [4.69, 9.17) is 0 Å². The highest BCUT2D eigenvalue weighted by Crippen LogP contribution is 2.19. The van der Waals surface area contributed by atoms with Gasteiger partial charge in [0.15, 0.2) is 0 Å². The van der Waals surface area contributed by atoms with Crippen molar-refractivity contribution < 1.29 is 17.6 Å². The van der Waals surface area contributed by atoms with Crippen molar-refractivity contribution in [2.24, 2.45) is 0 Å². The first kappa shape index (κ1) is 21.9. The highest BCUT2D eigenvalue weighted by molar-refractivity contribution is 7.99. The summed E-state index contributed by atoms with van der Waals surface area (Å²) in [6.45, 7) is 0.479. The molecule has 5 nitrogen and oxygen atoms in total. The van der Waals surface area contributed by atoms with Gasteiger partial charge in [0.1, 0.15) is 5.82 Å². The van der Waals surface area contributed by atoms with Crippen LogP contribution < -0.4 is 10.0 Å². The molecule has 0 spiro atoms. The van der Waals surface area contributed by atoms with Gasteiger partial charge in [-0.2, -0.15) is 0 Å². The van der Waals surface area contributed by atoms with Crippen LogP contribution in [0.5, 0.6) is 0 Å². The lowest BCUT2D eigenvalue weighted by atomic mass is 10.2. The van der Waals surface area contributed by atoms with Crippen molar-refractivity contribution in [3.8, 4) is 0 Å². The average Bonchev–Trinajstić information content (AvgIpc) is 2.75. The molecule has 0 aromatic heterocycles. The Kier molecular flexibility index (Phi) is 7.48. The number of hydrogen-bond acceptors (Lipinski definition) is 4. The maximum absolute atomic E-state index is 12.9. The molecule has 3 aromatic rings. The number of nitrogens with one attached hydrogen (secondary N) is 2. The molecular weight excluding hydrogens is 423 g/mol. The molecule has 0 saturated carbocycles. The van der Waals surface area contributed by atoms with E-state index < -0.39 is 10.0 Å². The number of sulfonamides is 1. The molecule has 0 atom stereocenters. The summed E-state index contributed by atoms with van der Waals surface area (Å²) in [4.78, 5) is 13.5. The predicted molar refractivity (Wildman–Crippen MR) is 118 cm³/mol. The van der Waals surface area contributed by atoms with Crippen LogP contribution in [0.1, 0.15) is 16.8 Å². The molecule has 8 heteroatoms. The zero-order chi connectivity index (χ0) is 21.4. The van der Waals surface area contributed by atoms with Crippen LogP contribution >= 0.6 is 11.8 Å². The molecule has 3 rings (SSSR count). The number of amides is 1. The first-order chi connectivity index (χ1) is 14.4. The number of rotatable bonds is 9. The van der Waals surface area contributed by atoms with E-state index in [9.17, 15) is 17.6 Å². The van der Waals surface area contributed by atoms with Gasteiger partial charge in [0.25, 0.3) is 15.9 Å². The largest absolute Gasteiger partial charge is 0.352 e. The first-order valence-electron chi connectivity index (χ1n) is 9.28. The fourth-order valence-corrected chi connectivity index (χ4v) is 4.56. The summed E-state index contributed by atoms with van der Waals surface area (Å²) >= 11 is 1.59. The lowest BCUT2D eigenvalue weighted by Gasteiger charge is -2.10. The Morgan fingerprint density at radius 3 is 2.40 bits per heavy atom. The average molecular weight is 445 g/mol. The third-order valence-corrected chi connectivity index (χ3v) is 6.62. The Bertz CT molecular complexity index is 1090. The van der Waals surface area contributed by atoms with Gasteiger partial charge in [0, 0.05) is 22.7 Å². The van der Waals surface area contributed by atoms with Crippen LogP contribution in [0.15, 0.2) is 88.7 Å². The van der Waals surface area contributed by atoms with Crippen molar-refractivity contribution in [3.63, 3.8) is 0 Å². The summed E-state index contributed by atoms with van der Waals surface area (Å²) in [7, 11) is -3.72. The van der Waals surface area contributed by atoms with E-state index in [0.29, 0.717) is 17.8 Å². The zero-order valence-electron chi connectivity index (χ0n) is 16.0. The Hall–Kier alpha value is -2.84. The molecule has 0 radical (unpaired) electrons.